The average Bonchev–Trinajstić information content (AvgIpc) is 2.97. The third-order valence-electron chi connectivity index (χ3n) is 6.58. The summed E-state index contributed by atoms with van der Waals surface area (Å²) in [5, 5.41) is 17.0. The Morgan fingerprint density at radius 1 is 0.895 bits per heavy atom. The lowest BCUT2D eigenvalue weighted by Gasteiger charge is -2.30. The standard InChI is InChI=1S/C26H31N9O3/c1-32(28-18-20-8-11-22(12-9-20)38-23-13-10-21(19-27-23)35(36)37)24-29-25(33-14-4-2-5-15-33)31-26(30-24)34-16-6-3-7-17-34/h8-13,18-19H,2-7,14-17H2,1H3/b28-18+. The van der Waals surface area contributed by atoms with Crippen molar-refractivity contribution in [1.82, 2.24) is 19.9 Å². The topological polar surface area (TPSA) is 126 Å². The lowest BCUT2D eigenvalue weighted by Crippen LogP contribution is -2.35. The van der Waals surface area contributed by atoms with E-state index in [1.54, 1.807) is 23.4 Å². The van der Waals surface area contributed by atoms with Crippen molar-refractivity contribution < 1.29 is 9.66 Å². The third kappa shape index (κ3) is 6.31. The van der Waals surface area contributed by atoms with E-state index in [2.05, 4.69) is 19.9 Å². The van der Waals surface area contributed by atoms with Crippen LogP contribution in [0.5, 0.6) is 11.6 Å². The maximum absolute atomic E-state index is 10.8. The molecular weight excluding hydrogens is 486 g/mol. The van der Waals surface area contributed by atoms with Crippen LogP contribution >= 0.6 is 0 Å². The summed E-state index contributed by atoms with van der Waals surface area (Å²) < 4.78 is 5.68. The van der Waals surface area contributed by atoms with Crippen LogP contribution in [-0.4, -0.2) is 64.3 Å². The van der Waals surface area contributed by atoms with E-state index in [9.17, 15) is 10.1 Å². The fourth-order valence-electron chi connectivity index (χ4n) is 4.45. The van der Waals surface area contributed by atoms with E-state index in [0.717, 1.165) is 69.3 Å². The van der Waals surface area contributed by atoms with Gasteiger partial charge in [0.1, 0.15) is 11.9 Å². The molecule has 0 bridgehead atoms. The fraction of sp³-hybridized carbons (Fsp3) is 0.423. The summed E-state index contributed by atoms with van der Waals surface area (Å²) in [6, 6.07) is 10.1. The number of hydrogen-bond acceptors (Lipinski definition) is 11. The molecule has 12 nitrogen and oxygen atoms in total. The highest BCUT2D eigenvalue weighted by Gasteiger charge is 2.21. The Kier molecular flexibility index (Phi) is 7.86. The molecule has 0 atom stereocenters. The first-order valence-electron chi connectivity index (χ1n) is 13.0. The van der Waals surface area contributed by atoms with Crippen molar-refractivity contribution in [2.75, 3.05) is 48.0 Å². The van der Waals surface area contributed by atoms with E-state index in [-0.39, 0.29) is 11.6 Å². The molecule has 3 aromatic rings. The lowest BCUT2D eigenvalue weighted by molar-refractivity contribution is -0.385. The van der Waals surface area contributed by atoms with E-state index >= 15 is 0 Å². The van der Waals surface area contributed by atoms with Crippen LogP contribution < -0.4 is 19.5 Å². The van der Waals surface area contributed by atoms with Gasteiger partial charge in [-0.3, -0.25) is 10.1 Å². The number of ether oxygens (including phenoxy) is 1. The molecule has 4 heterocycles. The van der Waals surface area contributed by atoms with E-state index in [1.165, 1.54) is 31.2 Å². The molecule has 0 N–H and O–H groups in total. The smallest absolute Gasteiger partial charge is 0.287 e. The monoisotopic (exact) mass is 517 g/mol. The van der Waals surface area contributed by atoms with Crippen molar-refractivity contribution >= 4 is 29.7 Å². The highest BCUT2D eigenvalue weighted by atomic mass is 16.6. The first kappa shape index (κ1) is 25.3. The molecule has 198 valence electrons. The third-order valence-corrected chi connectivity index (χ3v) is 6.58. The molecule has 5 rings (SSSR count). The summed E-state index contributed by atoms with van der Waals surface area (Å²) in [5.74, 6) is 2.80. The second-order valence-corrected chi connectivity index (χ2v) is 9.38. The number of rotatable bonds is 8. The van der Waals surface area contributed by atoms with E-state index in [4.69, 9.17) is 19.7 Å². The second-order valence-electron chi connectivity index (χ2n) is 9.38. The number of hydrazone groups is 1. The quantitative estimate of drug-likeness (QED) is 0.241. The van der Waals surface area contributed by atoms with Crippen LogP contribution in [0.15, 0.2) is 47.7 Å². The van der Waals surface area contributed by atoms with Gasteiger partial charge in [0.15, 0.2) is 0 Å². The molecule has 12 heteroatoms. The molecule has 2 aromatic heterocycles. The molecule has 0 amide bonds. The van der Waals surface area contributed by atoms with E-state index < -0.39 is 4.92 Å². The van der Waals surface area contributed by atoms with Crippen molar-refractivity contribution in [3.8, 4) is 11.6 Å². The first-order chi connectivity index (χ1) is 18.5. The summed E-state index contributed by atoms with van der Waals surface area (Å²) >= 11 is 0. The Bertz CT molecular complexity index is 1220. The van der Waals surface area contributed by atoms with Crippen LogP contribution in [0.25, 0.3) is 0 Å². The summed E-state index contributed by atoms with van der Waals surface area (Å²) in [6.45, 7) is 3.83. The number of nitrogens with zero attached hydrogens (tertiary/aromatic N) is 9. The van der Waals surface area contributed by atoms with Gasteiger partial charge in [-0.1, -0.05) is 0 Å². The number of piperidine rings is 2. The molecule has 2 fully saturated rings. The van der Waals surface area contributed by atoms with Crippen LogP contribution in [-0.2, 0) is 0 Å². The van der Waals surface area contributed by atoms with Crippen LogP contribution in [0.1, 0.15) is 44.1 Å². The molecule has 1 aromatic carbocycles. The van der Waals surface area contributed by atoms with Gasteiger partial charge in [-0.05, 0) is 68.4 Å². The molecule has 0 radical (unpaired) electrons. The minimum atomic E-state index is -0.498. The highest BCUT2D eigenvalue weighted by molar-refractivity contribution is 5.80. The van der Waals surface area contributed by atoms with Gasteiger partial charge < -0.3 is 14.5 Å². The maximum Gasteiger partial charge on any atom is 0.287 e. The molecular formula is C26H31N9O3. The van der Waals surface area contributed by atoms with Gasteiger partial charge in [0, 0.05) is 45.4 Å². The van der Waals surface area contributed by atoms with Gasteiger partial charge in [0.25, 0.3) is 11.6 Å². The van der Waals surface area contributed by atoms with Gasteiger partial charge in [0.2, 0.25) is 17.8 Å². The van der Waals surface area contributed by atoms with Crippen molar-refractivity contribution in [2.24, 2.45) is 5.10 Å². The van der Waals surface area contributed by atoms with Crippen LogP contribution in [0.2, 0.25) is 0 Å². The van der Waals surface area contributed by atoms with Crippen LogP contribution in [0, 0.1) is 10.1 Å². The summed E-state index contributed by atoms with van der Waals surface area (Å²) in [6.07, 6.45) is 9.97. The van der Waals surface area contributed by atoms with Crippen molar-refractivity contribution in [1.29, 1.82) is 0 Å². The lowest BCUT2D eigenvalue weighted by atomic mass is 10.1. The van der Waals surface area contributed by atoms with Gasteiger partial charge >= 0.3 is 0 Å². The molecule has 0 aliphatic carbocycles. The number of aromatic nitrogens is 4. The predicted octanol–water partition coefficient (Wildman–Crippen LogP) is 4.42. The summed E-state index contributed by atoms with van der Waals surface area (Å²) in [4.78, 5) is 33.1. The Labute approximate surface area is 221 Å². The van der Waals surface area contributed by atoms with Crippen molar-refractivity contribution in [3.05, 3.63) is 58.3 Å². The Balaban J connectivity index is 1.29. The first-order valence-corrected chi connectivity index (χ1v) is 13.0. The maximum atomic E-state index is 10.8. The molecule has 2 saturated heterocycles. The molecule has 0 saturated carbocycles. The largest absolute Gasteiger partial charge is 0.439 e. The molecule has 0 unspecified atom stereocenters. The van der Waals surface area contributed by atoms with Crippen molar-refractivity contribution in [3.63, 3.8) is 0 Å². The Hall–Kier alpha value is -4.35. The fourth-order valence-corrected chi connectivity index (χ4v) is 4.45. The van der Waals surface area contributed by atoms with Gasteiger partial charge in [-0.25, -0.2) is 9.99 Å². The number of benzene rings is 1. The van der Waals surface area contributed by atoms with Crippen molar-refractivity contribution in [2.45, 2.75) is 38.5 Å². The number of anilines is 3. The molecule has 2 aliphatic rings. The summed E-state index contributed by atoms with van der Waals surface area (Å²) in [7, 11) is 1.84. The Morgan fingerprint density at radius 2 is 1.50 bits per heavy atom. The van der Waals surface area contributed by atoms with Gasteiger partial charge in [-0.15, -0.1) is 0 Å². The Morgan fingerprint density at radius 3 is 2.03 bits per heavy atom. The minimum absolute atomic E-state index is 0.0858. The van der Waals surface area contributed by atoms with E-state index in [1.807, 2.05) is 19.2 Å². The zero-order valence-electron chi connectivity index (χ0n) is 21.4. The highest BCUT2D eigenvalue weighted by Crippen LogP contribution is 2.24. The van der Waals surface area contributed by atoms with Gasteiger partial charge in [0.05, 0.1) is 11.1 Å². The normalized spacial score (nSPS) is 16.0. The second kappa shape index (κ2) is 11.8. The molecule has 38 heavy (non-hydrogen) atoms. The van der Waals surface area contributed by atoms with E-state index in [0.29, 0.717) is 11.7 Å². The zero-order chi connectivity index (χ0) is 26.3. The van der Waals surface area contributed by atoms with Crippen LogP contribution in [0.3, 0.4) is 0 Å². The van der Waals surface area contributed by atoms with Crippen LogP contribution in [0.4, 0.5) is 23.5 Å². The number of hydrogen-bond donors (Lipinski definition) is 0. The average molecular weight is 518 g/mol. The molecule has 2 aliphatic heterocycles. The zero-order valence-corrected chi connectivity index (χ0v) is 21.4. The van der Waals surface area contributed by atoms with Gasteiger partial charge in [-0.2, -0.15) is 20.1 Å². The minimum Gasteiger partial charge on any atom is -0.439 e. The molecule has 0 spiro atoms. The summed E-state index contributed by atoms with van der Waals surface area (Å²) in [5.41, 5.74) is 0.778. The SMILES string of the molecule is CN(/N=C/c1ccc(Oc2ccc([N+](=O)[O-])cn2)cc1)c1nc(N2CCCCC2)nc(N2CCCCC2)n1. The number of nitro groups is 1. The number of pyridine rings is 1. The predicted molar refractivity (Wildman–Crippen MR) is 145 cm³/mol.